The number of hydrogen-bond donors (Lipinski definition) is 6. The Labute approximate surface area is 114 Å². The lowest BCUT2D eigenvalue weighted by atomic mass is 9.60. The summed E-state index contributed by atoms with van der Waals surface area (Å²) in [5, 5.41) is 43.6. The topological polar surface area (TPSA) is 150 Å². The van der Waals surface area contributed by atoms with Crippen molar-refractivity contribution in [3.8, 4) is 0 Å². The third kappa shape index (κ3) is 1.21. The van der Waals surface area contributed by atoms with Crippen LogP contribution in [0.2, 0.25) is 0 Å². The largest absolute Gasteiger partial charge is 0.393 e. The molecular formula is C11H17N3O6. The van der Waals surface area contributed by atoms with Gasteiger partial charge in [-0.15, -0.1) is 0 Å². The van der Waals surface area contributed by atoms with Gasteiger partial charge in [-0.1, -0.05) is 0 Å². The van der Waals surface area contributed by atoms with Crippen LogP contribution >= 0.6 is 0 Å². The summed E-state index contributed by atoms with van der Waals surface area (Å²) in [7, 11) is 0. The maximum atomic E-state index is 10.6. The van der Waals surface area contributed by atoms with Gasteiger partial charge in [0.1, 0.15) is 29.5 Å². The van der Waals surface area contributed by atoms with Gasteiger partial charge in [0.2, 0.25) is 0 Å². The molecule has 3 fully saturated rings. The number of nitrogens with zero attached hydrogens (tertiary/aromatic N) is 1. The highest BCUT2D eigenvalue weighted by Crippen LogP contribution is 2.55. The van der Waals surface area contributed by atoms with Crippen LogP contribution in [-0.4, -0.2) is 75.0 Å². The van der Waals surface area contributed by atoms with Crippen molar-refractivity contribution in [1.29, 1.82) is 0 Å². The zero-order valence-corrected chi connectivity index (χ0v) is 10.5. The van der Waals surface area contributed by atoms with Gasteiger partial charge in [-0.2, -0.15) is 0 Å². The lowest BCUT2D eigenvalue weighted by Crippen LogP contribution is -2.82. The first-order valence-corrected chi connectivity index (χ1v) is 6.54. The molecule has 1 spiro atoms. The Hall–Kier alpha value is -0.970. The number of ether oxygens (including phenoxy) is 2. The average molecular weight is 287 g/mol. The Morgan fingerprint density at radius 1 is 1.35 bits per heavy atom. The lowest BCUT2D eigenvalue weighted by molar-refractivity contribution is -0.323. The van der Waals surface area contributed by atoms with Crippen molar-refractivity contribution in [2.75, 3.05) is 6.61 Å². The van der Waals surface area contributed by atoms with Crippen molar-refractivity contribution in [2.24, 2.45) is 16.6 Å². The Morgan fingerprint density at radius 2 is 2.10 bits per heavy atom. The molecule has 112 valence electrons. The minimum absolute atomic E-state index is 0.120. The van der Waals surface area contributed by atoms with Crippen molar-refractivity contribution < 1.29 is 29.9 Å². The molecule has 4 rings (SSSR count). The van der Waals surface area contributed by atoms with Gasteiger partial charge in [0.05, 0.1) is 6.61 Å². The number of fused-ring (bicyclic) bond motifs is 1. The molecule has 9 nitrogen and oxygen atoms in total. The first kappa shape index (κ1) is 12.7. The van der Waals surface area contributed by atoms with E-state index in [1.807, 2.05) is 0 Å². The third-order valence-corrected chi connectivity index (χ3v) is 5.02. The first-order valence-electron chi connectivity index (χ1n) is 6.54. The summed E-state index contributed by atoms with van der Waals surface area (Å²) in [6, 6.07) is 0. The monoisotopic (exact) mass is 287 g/mol. The minimum Gasteiger partial charge on any atom is -0.393 e. The third-order valence-electron chi connectivity index (χ3n) is 5.02. The molecule has 0 amide bonds. The van der Waals surface area contributed by atoms with Crippen LogP contribution in [0.3, 0.4) is 0 Å². The molecule has 0 aromatic rings. The highest BCUT2D eigenvalue weighted by molar-refractivity contribution is 5.80. The van der Waals surface area contributed by atoms with Crippen molar-refractivity contribution in [3.05, 3.63) is 0 Å². The van der Waals surface area contributed by atoms with E-state index in [1.165, 1.54) is 0 Å². The molecule has 9 heteroatoms. The maximum absolute atomic E-state index is 10.6. The molecule has 1 aliphatic carbocycles. The van der Waals surface area contributed by atoms with Crippen LogP contribution in [0.25, 0.3) is 0 Å². The van der Waals surface area contributed by atoms with E-state index in [2.05, 4.69) is 10.3 Å². The highest BCUT2D eigenvalue weighted by Gasteiger charge is 2.75. The first-order chi connectivity index (χ1) is 9.42. The summed E-state index contributed by atoms with van der Waals surface area (Å²) < 4.78 is 10.9. The Bertz CT molecular complexity index is 489. The van der Waals surface area contributed by atoms with E-state index in [9.17, 15) is 20.4 Å². The van der Waals surface area contributed by atoms with E-state index < -0.39 is 54.5 Å². The van der Waals surface area contributed by atoms with E-state index >= 15 is 0 Å². The fraction of sp³-hybridized carbons (Fsp3) is 0.909. The summed E-state index contributed by atoms with van der Waals surface area (Å²) >= 11 is 0. The number of rotatable bonds is 1. The predicted molar refractivity (Wildman–Crippen MR) is 63.2 cm³/mol. The van der Waals surface area contributed by atoms with Crippen LogP contribution in [-0.2, 0) is 9.47 Å². The van der Waals surface area contributed by atoms with Gasteiger partial charge in [0.25, 0.3) is 0 Å². The Morgan fingerprint density at radius 3 is 2.80 bits per heavy atom. The van der Waals surface area contributed by atoms with Crippen LogP contribution in [0.1, 0.15) is 6.42 Å². The molecule has 20 heavy (non-hydrogen) atoms. The van der Waals surface area contributed by atoms with Crippen LogP contribution in [0, 0.1) is 5.92 Å². The molecule has 7 N–H and O–H groups in total. The van der Waals surface area contributed by atoms with Crippen molar-refractivity contribution in [1.82, 2.24) is 5.32 Å². The van der Waals surface area contributed by atoms with E-state index in [1.54, 1.807) is 0 Å². The zero-order chi connectivity index (χ0) is 14.3. The van der Waals surface area contributed by atoms with Gasteiger partial charge in [-0.05, 0) is 6.42 Å². The van der Waals surface area contributed by atoms with E-state index in [0.29, 0.717) is 0 Å². The van der Waals surface area contributed by atoms with Gasteiger partial charge in [0.15, 0.2) is 18.5 Å². The molecule has 4 unspecified atom stereocenters. The predicted octanol–water partition coefficient (Wildman–Crippen LogP) is -3.81. The normalized spacial score (nSPS) is 59.9. The maximum Gasteiger partial charge on any atom is 0.191 e. The van der Waals surface area contributed by atoms with Gasteiger partial charge in [-0.3, -0.25) is 0 Å². The lowest BCUT2D eigenvalue weighted by Gasteiger charge is -2.59. The summed E-state index contributed by atoms with van der Waals surface area (Å²) in [5.74, 6) is -0.295. The smallest absolute Gasteiger partial charge is 0.191 e. The molecule has 1 saturated carbocycles. The van der Waals surface area contributed by atoms with Gasteiger partial charge < -0.3 is 41.0 Å². The van der Waals surface area contributed by atoms with Crippen LogP contribution in [0.5, 0.6) is 0 Å². The fourth-order valence-corrected chi connectivity index (χ4v) is 4.13. The minimum atomic E-state index is -1.66. The molecule has 0 radical (unpaired) electrons. The molecule has 8 atom stereocenters. The molecule has 3 aliphatic heterocycles. The Kier molecular flexibility index (Phi) is 2.30. The zero-order valence-electron chi connectivity index (χ0n) is 10.5. The highest BCUT2D eigenvalue weighted by atomic mass is 16.7. The van der Waals surface area contributed by atoms with E-state index in [0.717, 1.165) is 0 Å². The summed E-state index contributed by atoms with van der Waals surface area (Å²) in [4.78, 5) is 4.10. The second-order valence-electron chi connectivity index (χ2n) is 5.98. The summed E-state index contributed by atoms with van der Waals surface area (Å²) in [6.45, 7) is -0.593. The number of aliphatic hydroxyl groups is 4. The number of hydrogen-bond acceptors (Lipinski definition) is 9. The average Bonchev–Trinajstić information content (AvgIpc) is 2.62. The van der Waals surface area contributed by atoms with Crippen molar-refractivity contribution >= 4 is 5.96 Å². The number of aliphatic imine (C=N–C) groups is 1. The van der Waals surface area contributed by atoms with Crippen molar-refractivity contribution in [3.63, 3.8) is 0 Å². The van der Waals surface area contributed by atoms with Crippen LogP contribution < -0.4 is 11.1 Å². The fourth-order valence-electron chi connectivity index (χ4n) is 4.13. The second kappa shape index (κ2) is 3.62. The van der Waals surface area contributed by atoms with Crippen LogP contribution in [0.4, 0.5) is 0 Å². The van der Waals surface area contributed by atoms with Gasteiger partial charge >= 0.3 is 0 Å². The van der Waals surface area contributed by atoms with E-state index in [-0.39, 0.29) is 12.4 Å². The molecule has 0 aromatic heterocycles. The molecule has 3 bridgehead atoms. The van der Waals surface area contributed by atoms with E-state index in [4.69, 9.17) is 15.2 Å². The molecular weight excluding hydrogens is 270 g/mol. The number of guanidine groups is 1. The Balaban J connectivity index is 1.88. The van der Waals surface area contributed by atoms with Gasteiger partial charge in [0, 0.05) is 5.92 Å². The quantitative estimate of drug-likeness (QED) is 0.287. The van der Waals surface area contributed by atoms with Crippen LogP contribution in [0.15, 0.2) is 4.99 Å². The van der Waals surface area contributed by atoms with Crippen molar-refractivity contribution in [2.45, 2.75) is 48.4 Å². The molecule has 0 aromatic carbocycles. The number of nitrogens with one attached hydrogen (secondary N) is 1. The number of aliphatic hydroxyl groups excluding tert-OH is 3. The van der Waals surface area contributed by atoms with Gasteiger partial charge in [-0.25, -0.2) is 4.99 Å². The number of nitrogens with two attached hydrogens (primary N) is 1. The standard InChI is InChI=1S/C11H17N3O6/c12-9-13-7-3-1-10(18,2-15)5-4(16)11(3,14-9)6(19-7)8(17)20-5/h3-8,15-18H,1-2H2,(H3,12,13,14)/t3-,4?,5-,6-,7-,8?,10?,11?/m1/s1. The second-order valence-corrected chi connectivity index (χ2v) is 5.98. The molecule has 3 heterocycles. The summed E-state index contributed by atoms with van der Waals surface area (Å²) in [5.41, 5.74) is 3.00. The summed E-state index contributed by atoms with van der Waals surface area (Å²) in [6.07, 6.45) is -5.06. The molecule has 2 saturated heterocycles. The molecule has 4 aliphatic rings. The SMILES string of the molecule is NC1=N[C@@H]2O[C@@H]3C(O)O[C@@H]4C(O)C3(N1)[C@@H]2CC4(O)CO.